The Bertz CT molecular complexity index is 3880. The fourth-order valence-corrected chi connectivity index (χ4v) is 10.9. The summed E-state index contributed by atoms with van der Waals surface area (Å²) >= 11 is 0. The fourth-order valence-electron chi connectivity index (χ4n) is 10.9. The summed E-state index contributed by atoms with van der Waals surface area (Å²) in [7, 11) is 0. The van der Waals surface area contributed by atoms with Crippen LogP contribution in [0.4, 0.5) is 14.4 Å². The van der Waals surface area contributed by atoms with Gasteiger partial charge in [-0.15, -0.1) is 0 Å². The van der Waals surface area contributed by atoms with Crippen LogP contribution in [0, 0.1) is 22.7 Å². The van der Waals surface area contributed by atoms with Gasteiger partial charge in [-0.2, -0.15) is 10.5 Å². The molecule has 20 heteroatoms. The Labute approximate surface area is 490 Å². The van der Waals surface area contributed by atoms with Gasteiger partial charge in [-0.05, 0) is 109 Å². The predicted molar refractivity (Wildman–Crippen MR) is 313 cm³/mol. The zero-order valence-corrected chi connectivity index (χ0v) is 47.0. The Balaban J connectivity index is 0.000000142. The molecule has 6 aliphatic rings. The lowest BCUT2D eigenvalue weighted by atomic mass is 9.94. The Kier molecular flexibility index (Phi) is 17.3. The highest BCUT2D eigenvalue weighted by atomic mass is 16.5. The van der Waals surface area contributed by atoms with Crippen molar-refractivity contribution >= 4 is 52.5 Å². The molecule has 3 aromatic carbocycles. The van der Waals surface area contributed by atoms with Crippen LogP contribution in [0.1, 0.15) is 129 Å². The van der Waals surface area contributed by atoms with Crippen molar-refractivity contribution in [1.29, 1.82) is 10.5 Å². The number of carbonyl (C=O) groups is 6. The predicted octanol–water partition coefficient (Wildman–Crippen LogP) is 10.3. The third-order valence-corrected chi connectivity index (χ3v) is 14.8. The average molecular weight is 1140 g/mol. The summed E-state index contributed by atoms with van der Waals surface area (Å²) in [5.41, 5.74) is 7.99. The Morgan fingerprint density at radius 1 is 0.506 bits per heavy atom. The molecule has 0 saturated heterocycles. The summed E-state index contributed by atoms with van der Waals surface area (Å²) < 4.78 is 17.2. The molecule has 3 aliphatic carbocycles. The van der Waals surface area contributed by atoms with E-state index in [-0.39, 0.29) is 36.5 Å². The van der Waals surface area contributed by atoms with E-state index in [1.807, 2.05) is 73.7 Å². The molecule has 6 aromatic rings. The fraction of sp³-hybridized carbons (Fsp3) is 0.246. The van der Waals surface area contributed by atoms with Gasteiger partial charge >= 0.3 is 18.1 Å². The second-order valence-corrected chi connectivity index (χ2v) is 20.1. The first-order valence-corrected chi connectivity index (χ1v) is 28.0. The molecule has 85 heavy (non-hydrogen) atoms. The van der Waals surface area contributed by atoms with Crippen molar-refractivity contribution in [3.8, 4) is 29.4 Å². The van der Waals surface area contributed by atoms with Crippen LogP contribution in [0.25, 0.3) is 17.1 Å². The van der Waals surface area contributed by atoms with E-state index in [4.69, 9.17) is 19.5 Å². The number of Topliss-reactive ketones (excluding diaryl/α,β-unsaturated/α-hetero) is 3. The number of carbonyl (C=O) groups excluding carboxylic acids is 6. The largest absolute Gasteiger partial charge is 0.494 e. The molecule has 0 bridgehead atoms. The number of fused-ring (bicyclic) bond motifs is 6. The van der Waals surface area contributed by atoms with Crippen LogP contribution in [-0.4, -0.2) is 105 Å². The van der Waals surface area contributed by atoms with Crippen LogP contribution in [0.5, 0.6) is 17.2 Å². The first-order valence-electron chi connectivity index (χ1n) is 28.0. The van der Waals surface area contributed by atoms with E-state index >= 15 is 0 Å². The first kappa shape index (κ1) is 57.5. The number of nitrogens with zero attached hydrogens (tertiary/aromatic N) is 8. The molecule has 3 unspecified atom stereocenters. The van der Waals surface area contributed by atoms with Crippen molar-refractivity contribution in [2.75, 3.05) is 39.5 Å². The standard InChI is InChI=1S/C22H20N4O3.C22H23N3O3.C21H16N4O3/c1-2-3-12-29-15-7-4-6-14(13-15)18-17-20(26(11-9-23)22(28)25-18)19-16(21(17)27)8-5-10-24-19;1-3-5-12-28-15-9-6-8-14(13-15)18-17-20(25(4-2)22(27)24-18)19-16(21(17)26)10-7-11-23-19;1-2-11-28-14-6-3-5-13(12-14)17-16-19(25(10-8-22)21(27)24-17)18-15(20(16)26)7-4-9-23-18/h4-8,10,13,18H,2-3,11-12H2,1H3,(H,25,28);6-11,13,18H,3-5,12H2,1-2H3,(H,24,27);2-7,9,12,17H,1,10-11H2,(H,24,27). The lowest BCUT2D eigenvalue weighted by molar-refractivity contribution is 0.101. The lowest BCUT2D eigenvalue weighted by Gasteiger charge is -2.33. The van der Waals surface area contributed by atoms with Gasteiger partial charge in [0.25, 0.3) is 0 Å². The van der Waals surface area contributed by atoms with Gasteiger partial charge in [0.1, 0.15) is 36.9 Å². The van der Waals surface area contributed by atoms with Gasteiger partial charge < -0.3 is 30.2 Å². The van der Waals surface area contributed by atoms with Crippen molar-refractivity contribution in [2.45, 2.75) is 64.6 Å². The molecule has 0 radical (unpaired) electrons. The van der Waals surface area contributed by atoms with Crippen LogP contribution < -0.4 is 30.2 Å². The number of benzene rings is 3. The number of amides is 6. The van der Waals surface area contributed by atoms with Crippen molar-refractivity contribution < 1.29 is 43.0 Å². The molecule has 6 amide bonds. The first-order chi connectivity index (χ1) is 41.5. The highest BCUT2D eigenvalue weighted by molar-refractivity contribution is 6.24. The molecule has 3 aliphatic heterocycles. The van der Waals surface area contributed by atoms with Gasteiger partial charge in [0.15, 0.2) is 17.3 Å². The van der Waals surface area contributed by atoms with Gasteiger partial charge in [0.05, 0.1) is 111 Å². The summed E-state index contributed by atoms with van der Waals surface area (Å²) in [5, 5.41) is 27.0. The number of aromatic nitrogens is 3. The van der Waals surface area contributed by atoms with Crippen molar-refractivity contribution in [3.05, 3.63) is 208 Å². The maximum Gasteiger partial charge on any atom is 0.323 e. The third kappa shape index (κ3) is 11.2. The van der Waals surface area contributed by atoms with Crippen LogP contribution in [0.15, 0.2) is 157 Å². The maximum atomic E-state index is 13.2. The number of unbranched alkanes of at least 4 members (excludes halogenated alkanes) is 2. The summed E-state index contributed by atoms with van der Waals surface area (Å²) in [5.74, 6) is 1.55. The Morgan fingerprint density at radius 3 is 1.20 bits per heavy atom. The quantitative estimate of drug-likeness (QED) is 0.0436. The van der Waals surface area contributed by atoms with Gasteiger partial charge in [0, 0.05) is 25.1 Å². The van der Waals surface area contributed by atoms with E-state index in [1.54, 1.807) is 84.2 Å². The zero-order valence-electron chi connectivity index (χ0n) is 47.0. The summed E-state index contributed by atoms with van der Waals surface area (Å²) in [6.07, 6.45) is 10.4. The van der Waals surface area contributed by atoms with Gasteiger partial charge in [-0.25, -0.2) is 14.4 Å². The van der Waals surface area contributed by atoms with E-state index in [0.717, 1.165) is 42.6 Å². The Morgan fingerprint density at radius 2 is 0.859 bits per heavy atom. The van der Waals surface area contributed by atoms with Gasteiger partial charge in [0.2, 0.25) is 0 Å². The molecule has 6 heterocycles. The normalized spacial score (nSPS) is 17.7. The minimum atomic E-state index is -0.661. The van der Waals surface area contributed by atoms with Crippen molar-refractivity contribution in [3.63, 3.8) is 0 Å². The average Bonchev–Trinajstić information content (AvgIpc) is 2.12. The molecule has 3 N–H and O–H groups in total. The number of nitrogens with one attached hydrogen (secondary N) is 3. The number of nitriles is 2. The molecule has 20 nitrogen and oxygen atoms in total. The van der Waals surface area contributed by atoms with Crippen molar-refractivity contribution in [1.82, 2.24) is 45.6 Å². The van der Waals surface area contributed by atoms with Crippen LogP contribution in [-0.2, 0) is 0 Å². The van der Waals surface area contributed by atoms with Crippen LogP contribution in [0.3, 0.4) is 0 Å². The summed E-state index contributed by atoms with van der Waals surface area (Å²) in [4.78, 5) is 94.9. The molecule has 0 fully saturated rings. The second-order valence-electron chi connectivity index (χ2n) is 20.1. The number of ketones is 3. The summed E-state index contributed by atoms with van der Waals surface area (Å²) in [6, 6.07) is 33.5. The number of ether oxygens (including phenoxy) is 3. The van der Waals surface area contributed by atoms with E-state index in [9.17, 15) is 34.0 Å². The van der Waals surface area contributed by atoms with Crippen LogP contribution >= 0.6 is 0 Å². The van der Waals surface area contributed by atoms with Gasteiger partial charge in [-0.1, -0.05) is 75.7 Å². The molecular formula is C65H59N11O9. The molecular weight excluding hydrogens is 1080 g/mol. The third-order valence-electron chi connectivity index (χ3n) is 14.8. The lowest BCUT2D eigenvalue weighted by Crippen LogP contribution is -2.46. The monoisotopic (exact) mass is 1140 g/mol. The molecule has 3 atom stereocenters. The maximum absolute atomic E-state index is 13.2. The van der Waals surface area contributed by atoms with Gasteiger partial charge in [-0.3, -0.25) is 44.0 Å². The smallest absolute Gasteiger partial charge is 0.323 e. The van der Waals surface area contributed by atoms with E-state index in [0.29, 0.717) is 111 Å². The number of pyridine rings is 3. The minimum Gasteiger partial charge on any atom is -0.494 e. The van der Waals surface area contributed by atoms with E-state index in [2.05, 4.69) is 51.3 Å². The number of hydrogen-bond acceptors (Lipinski definition) is 14. The SMILES string of the molecule is C=CCOc1cccc(C2NC(=O)N(CC#N)C3=C2C(=O)c2cccnc23)c1.CCCCOc1cccc(C2NC(=O)N(CC#N)C3=C2C(=O)c2cccnc23)c1.CCCCOc1cccc(C2NC(=O)N(CC)C3=C2C(=O)c2cccnc23)c1. The van der Waals surface area contributed by atoms with Crippen molar-refractivity contribution in [2.24, 2.45) is 0 Å². The molecule has 0 spiro atoms. The minimum absolute atomic E-state index is 0.0844. The molecule has 12 rings (SSSR count). The number of rotatable bonds is 17. The number of urea groups is 3. The molecule has 0 saturated carbocycles. The molecule has 3 aromatic heterocycles. The highest BCUT2D eigenvalue weighted by Crippen LogP contribution is 2.46. The highest BCUT2D eigenvalue weighted by Gasteiger charge is 2.47. The second kappa shape index (κ2) is 25.6. The topological polar surface area (TPSA) is 262 Å². The van der Waals surface area contributed by atoms with E-state index in [1.165, 1.54) is 9.80 Å². The van der Waals surface area contributed by atoms with Crippen LogP contribution in [0.2, 0.25) is 0 Å². The zero-order chi connectivity index (χ0) is 59.7. The van der Waals surface area contributed by atoms with E-state index < -0.39 is 30.2 Å². The number of hydrogen-bond donors (Lipinski definition) is 3. The Hall–Kier alpha value is -10.7. The molecule has 428 valence electrons. The summed E-state index contributed by atoms with van der Waals surface area (Å²) in [6.45, 7) is 11.4.